The van der Waals surface area contributed by atoms with E-state index in [1.165, 1.54) is 0 Å². The number of hydrogen-bond acceptors (Lipinski definition) is 20. The molecular weight excluding hydrogens is 1690 g/mol. The molecule has 4 aliphatic rings. The average molecular weight is 1800 g/mol. The lowest BCUT2D eigenvalue weighted by Crippen LogP contribution is -2.43. The molecule has 133 heavy (non-hydrogen) atoms. The van der Waals surface area contributed by atoms with E-state index in [9.17, 15) is 57.5 Å². The zero-order valence-corrected chi connectivity index (χ0v) is 74.4. The lowest BCUT2D eigenvalue weighted by atomic mass is 9.92. The lowest BCUT2D eigenvalue weighted by Gasteiger charge is -2.33. The Morgan fingerprint density at radius 3 is 0.662 bits per heavy atom. The van der Waals surface area contributed by atoms with Crippen molar-refractivity contribution in [3.05, 3.63) is 261 Å². The summed E-state index contributed by atoms with van der Waals surface area (Å²) in [6.45, 7) is -0.692. The van der Waals surface area contributed by atoms with Crippen LogP contribution in [0.3, 0.4) is 0 Å². The number of rotatable bonds is 48. The third-order valence-corrected chi connectivity index (χ3v) is 22.1. The van der Waals surface area contributed by atoms with Crippen LogP contribution in [0.5, 0.6) is 0 Å². The highest BCUT2D eigenvalue weighted by Gasteiger charge is 2.34. The molecule has 0 saturated heterocycles. The lowest BCUT2D eigenvalue weighted by molar-refractivity contribution is -0.151. The number of para-hydroxylation sites is 4. The molecule has 0 radical (unpaired) electrons. The maximum atomic E-state index is 13.8. The molecule has 8 aromatic carbocycles. The maximum Gasteiger partial charge on any atom is 0.305 e. The zero-order valence-electron chi connectivity index (χ0n) is 74.4. The Labute approximate surface area is 774 Å². The highest BCUT2D eigenvalue weighted by Crippen LogP contribution is 2.32. The largest absolute Gasteiger partial charge is 0.463 e. The van der Waals surface area contributed by atoms with Gasteiger partial charge in [0, 0.05) is 148 Å². The van der Waals surface area contributed by atoms with Crippen LogP contribution in [0.4, 0.5) is 22.7 Å². The molecule has 0 aliphatic carbocycles. The van der Waals surface area contributed by atoms with Crippen molar-refractivity contribution in [2.45, 2.75) is 129 Å². The molecular formula is C105H108N8O20. The van der Waals surface area contributed by atoms with Crippen LogP contribution in [-0.4, -0.2) is 177 Å². The first-order chi connectivity index (χ1) is 64.9. The van der Waals surface area contributed by atoms with E-state index < -0.39 is 29.3 Å². The van der Waals surface area contributed by atoms with E-state index in [0.717, 1.165) is 44.5 Å². The molecule has 688 valence electrons. The third-order valence-electron chi connectivity index (χ3n) is 22.1. The predicted molar refractivity (Wildman–Crippen MR) is 496 cm³/mol. The van der Waals surface area contributed by atoms with E-state index in [2.05, 4.69) is 68.6 Å². The van der Waals surface area contributed by atoms with Crippen molar-refractivity contribution in [2.24, 2.45) is 5.41 Å². The minimum absolute atomic E-state index is 0.0137. The molecule has 0 aromatic heterocycles. The van der Waals surface area contributed by atoms with Gasteiger partial charge in [-0.25, -0.2) is 0 Å². The molecule has 0 atom stereocenters. The molecule has 0 saturated carbocycles. The van der Waals surface area contributed by atoms with Crippen molar-refractivity contribution in [3.8, 4) is 47.4 Å². The molecule has 28 heteroatoms. The first-order valence-corrected chi connectivity index (χ1v) is 44.9. The number of nitrogens with zero attached hydrogens (tertiary/aromatic N) is 4. The summed E-state index contributed by atoms with van der Waals surface area (Å²) in [5.41, 5.74) is 11.2. The van der Waals surface area contributed by atoms with Gasteiger partial charge in [0.25, 0.3) is 0 Å². The van der Waals surface area contributed by atoms with E-state index in [0.29, 0.717) is 71.2 Å². The molecule has 4 aliphatic heterocycles. The fourth-order valence-electron chi connectivity index (χ4n) is 15.1. The Balaban J connectivity index is 0.613. The fraction of sp³-hybridized carbons (Fsp3) is 0.352. The number of hydrogen-bond donors (Lipinski definition) is 4. The topological polar surface area (TPSA) is 340 Å². The molecule has 0 unspecified atom stereocenters. The summed E-state index contributed by atoms with van der Waals surface area (Å²) < 4.78 is 46.8. The smallest absolute Gasteiger partial charge is 0.305 e. The molecule has 12 rings (SSSR count). The average Bonchev–Trinajstić information content (AvgIpc) is 0.936. The summed E-state index contributed by atoms with van der Waals surface area (Å²) in [7, 11) is 0. The van der Waals surface area contributed by atoms with Crippen LogP contribution in [0.25, 0.3) is 0 Å². The number of esters is 4. The minimum Gasteiger partial charge on any atom is -0.463 e. The number of nitrogens with one attached hydrogen (secondary N) is 4. The van der Waals surface area contributed by atoms with E-state index in [4.69, 9.17) is 37.9 Å². The second-order valence-electron chi connectivity index (χ2n) is 32.0. The molecule has 8 aromatic rings. The molecule has 0 spiro atoms. The van der Waals surface area contributed by atoms with Gasteiger partial charge in [-0.3, -0.25) is 57.5 Å². The summed E-state index contributed by atoms with van der Waals surface area (Å²) in [6, 6.07) is 60.1. The van der Waals surface area contributed by atoms with Crippen LogP contribution >= 0.6 is 0 Å². The van der Waals surface area contributed by atoms with Crippen molar-refractivity contribution in [3.63, 3.8) is 0 Å². The van der Waals surface area contributed by atoms with Crippen molar-refractivity contribution in [2.75, 3.05) is 125 Å². The normalized spacial score (nSPS) is 12.3. The highest BCUT2D eigenvalue weighted by atomic mass is 16.6. The second kappa shape index (κ2) is 51.8. The molecule has 0 fully saturated rings. The van der Waals surface area contributed by atoms with Gasteiger partial charge in [0.2, 0.25) is 47.3 Å². The monoisotopic (exact) mass is 1800 g/mol. The molecule has 4 N–H and O–H groups in total. The highest BCUT2D eigenvalue weighted by molar-refractivity contribution is 5.99. The van der Waals surface area contributed by atoms with Gasteiger partial charge in [0.1, 0.15) is 26.4 Å². The van der Waals surface area contributed by atoms with E-state index in [1.807, 2.05) is 194 Å². The Hall–Kier alpha value is -14.5. The summed E-state index contributed by atoms with van der Waals surface area (Å²) in [6.07, 6.45) is 0.110. The summed E-state index contributed by atoms with van der Waals surface area (Å²) in [4.78, 5) is 166. The standard InChI is InChI=1S/C105H108N8O20/c114-93(106-57-53-97(118)110-69-85-29-5-1-21-77(85)45-49-81-25-9-13-33-89(81)110)37-17-41-101(122)130-65-61-126-73-105(74-127-62-66-131-102(123)42-18-38-94(115)107-58-54-98(119)111-70-86-30-6-2-22-78(86)46-50-82-26-10-14-34-90(82)111,75-128-63-67-132-103(124)43-19-39-95(116)108-59-55-99(120)112-71-87-31-7-3-23-79(87)47-51-83-27-11-15-35-91(83)112)76-129-64-68-133-104(125)44-20-40-96(117)109-60-56-100(121)113-72-88-32-8-4-24-80(88)48-52-84-28-12-16-36-92(84)113/h1-16,21-36H,17-20,37-44,53-76H2,(H,106,114)(H,107,115)(H,108,116)(H,109,117). The number of ether oxygens (including phenoxy) is 8. The maximum absolute atomic E-state index is 13.8. The summed E-state index contributed by atoms with van der Waals surface area (Å²) in [5, 5.41) is 11.2. The van der Waals surface area contributed by atoms with Crippen LogP contribution in [0.1, 0.15) is 169 Å². The van der Waals surface area contributed by atoms with Gasteiger partial charge < -0.3 is 78.8 Å². The number of anilines is 4. The molecule has 8 amide bonds. The molecule has 4 heterocycles. The number of carbonyl (C=O) groups excluding carboxylic acids is 12. The second-order valence-corrected chi connectivity index (χ2v) is 32.0. The molecule has 28 nitrogen and oxygen atoms in total. The third kappa shape index (κ3) is 30.8. The number of benzene rings is 8. The van der Waals surface area contributed by atoms with Crippen molar-refractivity contribution in [1.29, 1.82) is 0 Å². The van der Waals surface area contributed by atoms with Gasteiger partial charge in [-0.15, -0.1) is 0 Å². The number of fused-ring (bicyclic) bond motifs is 8. The van der Waals surface area contributed by atoms with Crippen LogP contribution in [0, 0.1) is 52.8 Å². The van der Waals surface area contributed by atoms with Crippen molar-refractivity contribution in [1.82, 2.24) is 21.3 Å². The van der Waals surface area contributed by atoms with Gasteiger partial charge in [-0.2, -0.15) is 0 Å². The van der Waals surface area contributed by atoms with Crippen LogP contribution < -0.4 is 40.9 Å². The van der Waals surface area contributed by atoms with Gasteiger partial charge in [-0.05, 0) is 121 Å². The van der Waals surface area contributed by atoms with Gasteiger partial charge in [0.05, 0.1) is 107 Å². The van der Waals surface area contributed by atoms with Gasteiger partial charge >= 0.3 is 23.9 Å². The minimum atomic E-state index is -1.23. The summed E-state index contributed by atoms with van der Waals surface area (Å²) in [5.74, 6) is 20.9. The van der Waals surface area contributed by atoms with Gasteiger partial charge in [0.15, 0.2) is 0 Å². The van der Waals surface area contributed by atoms with E-state index in [1.54, 1.807) is 19.6 Å². The van der Waals surface area contributed by atoms with Crippen LogP contribution in [-0.2, 0) is 122 Å². The van der Waals surface area contributed by atoms with E-state index in [-0.39, 0.29) is 255 Å². The SMILES string of the molecule is O=C(CCCC(=O)OCCOCC(COCCOC(=O)CCCC(=O)NCCC(=O)N1Cc2ccccc2C#Cc2ccccc21)(COCCOC(=O)CCCC(=O)NCCC(=O)N1Cc2ccccc2C#Cc2ccccc21)COCCOC(=O)CCCC(=O)NCCC(=O)N1Cc2ccccc2C#Cc2ccccc21)NCCC(=O)N1Cc2ccccc2C#Cc2ccccc21. The van der Waals surface area contributed by atoms with Crippen LogP contribution in [0.2, 0.25) is 0 Å². The Morgan fingerprint density at radius 2 is 0.436 bits per heavy atom. The van der Waals surface area contributed by atoms with Crippen molar-refractivity contribution < 1.29 is 95.4 Å². The first kappa shape index (κ1) is 97.5. The van der Waals surface area contributed by atoms with Crippen molar-refractivity contribution >= 4 is 93.9 Å². The number of amides is 8. The Kier molecular flexibility index (Phi) is 38.0. The first-order valence-electron chi connectivity index (χ1n) is 44.9. The van der Waals surface area contributed by atoms with E-state index >= 15 is 0 Å². The Bertz CT molecular complexity index is 5070. The predicted octanol–water partition coefficient (Wildman–Crippen LogP) is 10.7. The molecule has 0 bridgehead atoms. The number of carbonyl (C=O) groups is 12. The van der Waals surface area contributed by atoms with Crippen LogP contribution in [0.15, 0.2) is 194 Å². The fourth-order valence-corrected chi connectivity index (χ4v) is 15.1. The van der Waals surface area contributed by atoms with Gasteiger partial charge in [-0.1, -0.05) is 169 Å². The Morgan fingerprint density at radius 1 is 0.241 bits per heavy atom. The zero-order chi connectivity index (χ0) is 93.2. The quantitative estimate of drug-likeness (QED) is 0.0119. The summed E-state index contributed by atoms with van der Waals surface area (Å²) >= 11 is 0.